The number of carboxylic acids is 1. The second-order valence-electron chi connectivity index (χ2n) is 3.95. The monoisotopic (exact) mass is 342 g/mol. The Morgan fingerprint density at radius 3 is 2.25 bits per heavy atom. The average molecular weight is 342 g/mol. The fourth-order valence-corrected chi connectivity index (χ4v) is 4.22. The van der Waals surface area contributed by atoms with E-state index in [0.717, 1.165) is 6.26 Å². The van der Waals surface area contributed by atoms with E-state index in [1.807, 2.05) is 0 Å². The molecule has 0 saturated carbocycles. The summed E-state index contributed by atoms with van der Waals surface area (Å²) in [5.41, 5.74) is 0.358. The second-order valence-corrected chi connectivity index (χ2v) is 8.83. The SMILES string of the molecule is Cc1cc(S(=O)(=O)NCCNS(C)(=O)=O)sc1C(=O)O. The molecule has 11 heteroatoms. The third-order valence-corrected chi connectivity index (χ3v) is 6.02. The molecule has 0 aliphatic rings. The molecule has 20 heavy (non-hydrogen) atoms. The van der Waals surface area contributed by atoms with Crippen LogP contribution in [-0.2, 0) is 20.0 Å². The highest BCUT2D eigenvalue weighted by atomic mass is 32.2. The fraction of sp³-hybridized carbons (Fsp3) is 0.444. The van der Waals surface area contributed by atoms with Crippen molar-refractivity contribution in [3.05, 3.63) is 16.5 Å². The van der Waals surface area contributed by atoms with E-state index in [1.54, 1.807) is 0 Å². The van der Waals surface area contributed by atoms with E-state index < -0.39 is 26.0 Å². The molecule has 1 heterocycles. The van der Waals surface area contributed by atoms with Crippen molar-refractivity contribution in [3.8, 4) is 0 Å². The van der Waals surface area contributed by atoms with Gasteiger partial charge in [-0.15, -0.1) is 11.3 Å². The molecule has 0 aromatic carbocycles. The van der Waals surface area contributed by atoms with E-state index in [4.69, 9.17) is 5.11 Å². The van der Waals surface area contributed by atoms with Crippen LogP contribution in [0.2, 0.25) is 0 Å². The quantitative estimate of drug-likeness (QED) is 0.577. The highest BCUT2D eigenvalue weighted by Crippen LogP contribution is 2.25. The molecule has 114 valence electrons. The van der Waals surface area contributed by atoms with Crippen molar-refractivity contribution in [1.82, 2.24) is 9.44 Å². The van der Waals surface area contributed by atoms with E-state index in [2.05, 4.69) is 9.44 Å². The van der Waals surface area contributed by atoms with E-state index in [0.29, 0.717) is 16.9 Å². The molecule has 0 spiro atoms. The minimum absolute atomic E-state index is 0.0420. The van der Waals surface area contributed by atoms with Gasteiger partial charge < -0.3 is 5.11 Å². The summed E-state index contributed by atoms with van der Waals surface area (Å²) in [6.45, 7) is 1.28. The molecule has 0 aliphatic carbocycles. The standard InChI is InChI=1S/C9H14N2O6S3/c1-6-5-7(18-8(6)9(12)13)20(16,17)11-4-3-10-19(2,14)15/h5,10-11H,3-4H2,1-2H3,(H,12,13). The molecule has 0 bridgehead atoms. The zero-order valence-electron chi connectivity index (χ0n) is 10.7. The molecule has 1 aromatic heterocycles. The van der Waals surface area contributed by atoms with Gasteiger partial charge in [-0.1, -0.05) is 0 Å². The van der Waals surface area contributed by atoms with Gasteiger partial charge in [-0.25, -0.2) is 31.1 Å². The van der Waals surface area contributed by atoms with Crippen LogP contribution in [0.5, 0.6) is 0 Å². The molecule has 0 saturated heterocycles. The first-order chi connectivity index (χ1) is 9.03. The Morgan fingerprint density at radius 2 is 1.80 bits per heavy atom. The summed E-state index contributed by atoms with van der Waals surface area (Å²) in [5, 5.41) is 8.87. The molecular formula is C9H14N2O6S3. The van der Waals surface area contributed by atoms with Crippen LogP contribution in [0.15, 0.2) is 10.3 Å². The normalized spacial score (nSPS) is 12.5. The Bertz CT molecular complexity index is 704. The van der Waals surface area contributed by atoms with E-state index >= 15 is 0 Å². The van der Waals surface area contributed by atoms with Crippen LogP contribution in [0.3, 0.4) is 0 Å². The zero-order valence-corrected chi connectivity index (χ0v) is 13.2. The van der Waals surface area contributed by atoms with Gasteiger partial charge in [-0.2, -0.15) is 0 Å². The maximum atomic E-state index is 11.9. The number of nitrogens with one attached hydrogen (secondary N) is 2. The molecule has 1 rings (SSSR count). The predicted molar refractivity (Wildman–Crippen MR) is 74.1 cm³/mol. The molecule has 0 fully saturated rings. The number of rotatable bonds is 7. The predicted octanol–water partition coefficient (Wildman–Crippen LogP) is -0.418. The Balaban J connectivity index is 2.75. The van der Waals surface area contributed by atoms with E-state index in [-0.39, 0.29) is 22.2 Å². The van der Waals surface area contributed by atoms with Crippen molar-refractivity contribution in [2.45, 2.75) is 11.1 Å². The number of carbonyl (C=O) groups is 1. The molecule has 8 nitrogen and oxygen atoms in total. The van der Waals surface area contributed by atoms with Crippen molar-refractivity contribution in [3.63, 3.8) is 0 Å². The van der Waals surface area contributed by atoms with Gasteiger partial charge >= 0.3 is 5.97 Å². The van der Waals surface area contributed by atoms with Gasteiger partial charge in [0.05, 0.1) is 6.26 Å². The van der Waals surface area contributed by atoms with Crippen molar-refractivity contribution in [2.75, 3.05) is 19.3 Å². The molecule has 0 unspecified atom stereocenters. The minimum atomic E-state index is -3.84. The van der Waals surface area contributed by atoms with Crippen LogP contribution in [0, 0.1) is 6.92 Å². The largest absolute Gasteiger partial charge is 0.477 e. The Hall–Kier alpha value is -1.01. The van der Waals surface area contributed by atoms with Crippen molar-refractivity contribution in [1.29, 1.82) is 0 Å². The summed E-state index contributed by atoms with van der Waals surface area (Å²) in [4.78, 5) is 10.8. The van der Waals surface area contributed by atoms with Gasteiger partial charge in [-0.3, -0.25) is 0 Å². The lowest BCUT2D eigenvalue weighted by Gasteiger charge is -2.04. The van der Waals surface area contributed by atoms with Crippen LogP contribution >= 0.6 is 11.3 Å². The number of aromatic carboxylic acids is 1. The molecule has 0 radical (unpaired) electrons. The minimum Gasteiger partial charge on any atom is -0.477 e. The van der Waals surface area contributed by atoms with Gasteiger partial charge in [0.15, 0.2) is 0 Å². The van der Waals surface area contributed by atoms with Gasteiger partial charge in [0, 0.05) is 13.1 Å². The van der Waals surface area contributed by atoms with Crippen LogP contribution in [0.1, 0.15) is 15.2 Å². The number of carboxylic acid groups (broad SMARTS) is 1. The summed E-state index contributed by atoms with van der Waals surface area (Å²) in [7, 11) is -7.22. The smallest absolute Gasteiger partial charge is 0.346 e. The average Bonchev–Trinajstić information content (AvgIpc) is 2.66. The first kappa shape index (κ1) is 17.0. The summed E-state index contributed by atoms with van der Waals surface area (Å²) >= 11 is 0.649. The maximum absolute atomic E-state index is 11.9. The molecule has 3 N–H and O–H groups in total. The fourth-order valence-electron chi connectivity index (χ4n) is 1.29. The molecule has 1 aromatic rings. The first-order valence-electron chi connectivity index (χ1n) is 5.31. The summed E-state index contributed by atoms with van der Waals surface area (Å²) in [5.74, 6) is -1.19. The highest BCUT2D eigenvalue weighted by Gasteiger charge is 2.21. The highest BCUT2D eigenvalue weighted by molar-refractivity contribution is 7.91. The molecule has 0 aliphatic heterocycles. The second kappa shape index (κ2) is 6.18. The maximum Gasteiger partial charge on any atom is 0.346 e. The van der Waals surface area contributed by atoms with Gasteiger partial charge in [0.2, 0.25) is 20.0 Å². The molecule has 0 atom stereocenters. The topological polar surface area (TPSA) is 130 Å². The summed E-state index contributed by atoms with van der Waals surface area (Å²) in [6.07, 6.45) is 0.962. The Morgan fingerprint density at radius 1 is 1.25 bits per heavy atom. The Labute approximate surface area is 120 Å². The number of aryl methyl sites for hydroxylation is 1. The number of thiophene rings is 1. The van der Waals surface area contributed by atoms with Crippen molar-refractivity contribution >= 4 is 37.4 Å². The number of hydrogen-bond donors (Lipinski definition) is 3. The van der Waals surface area contributed by atoms with Crippen LogP contribution in [0.4, 0.5) is 0 Å². The van der Waals surface area contributed by atoms with Crippen LogP contribution < -0.4 is 9.44 Å². The first-order valence-corrected chi connectivity index (χ1v) is 9.50. The van der Waals surface area contributed by atoms with E-state index in [9.17, 15) is 21.6 Å². The van der Waals surface area contributed by atoms with Crippen molar-refractivity contribution in [2.24, 2.45) is 0 Å². The summed E-state index contributed by atoms with van der Waals surface area (Å²) < 4.78 is 49.5. The number of sulfonamides is 2. The lowest BCUT2D eigenvalue weighted by atomic mass is 10.3. The third-order valence-electron chi connectivity index (χ3n) is 2.14. The molecule has 0 amide bonds. The summed E-state index contributed by atoms with van der Waals surface area (Å²) in [6, 6.07) is 1.26. The molecular weight excluding hydrogens is 328 g/mol. The zero-order chi connectivity index (χ0) is 15.6. The van der Waals surface area contributed by atoms with Crippen molar-refractivity contribution < 1.29 is 26.7 Å². The van der Waals surface area contributed by atoms with Crippen LogP contribution in [0.25, 0.3) is 0 Å². The van der Waals surface area contributed by atoms with E-state index in [1.165, 1.54) is 13.0 Å². The van der Waals surface area contributed by atoms with Gasteiger partial charge in [-0.05, 0) is 18.6 Å². The number of hydrogen-bond acceptors (Lipinski definition) is 6. The Kier molecular flexibility index (Phi) is 5.27. The third kappa shape index (κ3) is 4.83. The lowest BCUT2D eigenvalue weighted by Crippen LogP contribution is -2.33. The van der Waals surface area contributed by atoms with Crippen LogP contribution in [-0.4, -0.2) is 47.3 Å². The van der Waals surface area contributed by atoms with Gasteiger partial charge in [0.25, 0.3) is 0 Å². The van der Waals surface area contributed by atoms with Gasteiger partial charge in [0.1, 0.15) is 9.09 Å². The lowest BCUT2D eigenvalue weighted by molar-refractivity contribution is 0.0701.